The van der Waals surface area contributed by atoms with Crippen molar-refractivity contribution < 1.29 is 4.42 Å². The maximum Gasteiger partial charge on any atom is 0.143 e. The van der Waals surface area contributed by atoms with Crippen LogP contribution in [0.2, 0.25) is 0 Å². The van der Waals surface area contributed by atoms with Gasteiger partial charge in [-0.15, -0.1) is 0 Å². The van der Waals surface area contributed by atoms with Gasteiger partial charge in [-0.25, -0.2) is 0 Å². The Bertz CT molecular complexity index is 2500. The number of nitrogens with zero attached hydrogens (tertiary/aromatic N) is 1. The fourth-order valence-corrected chi connectivity index (χ4v) is 6.80. The van der Waals surface area contributed by atoms with Crippen LogP contribution in [0.1, 0.15) is 0 Å². The minimum absolute atomic E-state index is 0.875. The Morgan fingerprint density at radius 2 is 1.07 bits per heavy atom. The van der Waals surface area contributed by atoms with Crippen molar-refractivity contribution in [1.29, 1.82) is 0 Å². The SMILES string of the molecule is c1ccc(N(c2cccc3ccccc23)c2cccc3oc4c5ccccc5c(-c5ccc6ccccc6c5)cc4c23)cc1. The molecule has 0 saturated carbocycles. The van der Waals surface area contributed by atoms with Crippen LogP contribution in [0.25, 0.3) is 65.4 Å². The van der Waals surface area contributed by atoms with Crippen LogP contribution < -0.4 is 4.90 Å². The van der Waals surface area contributed by atoms with Crippen molar-refractivity contribution in [2.45, 2.75) is 0 Å². The fraction of sp³-hybridized carbons (Fsp3) is 0. The van der Waals surface area contributed by atoms with Crippen molar-refractivity contribution in [3.63, 3.8) is 0 Å². The molecule has 1 aromatic heterocycles. The first-order valence-corrected chi connectivity index (χ1v) is 15.0. The van der Waals surface area contributed by atoms with E-state index in [-0.39, 0.29) is 0 Å². The zero-order chi connectivity index (χ0) is 29.0. The van der Waals surface area contributed by atoms with Crippen molar-refractivity contribution in [2.75, 3.05) is 4.90 Å². The highest BCUT2D eigenvalue weighted by atomic mass is 16.3. The molecule has 8 aromatic carbocycles. The average Bonchev–Trinajstić information content (AvgIpc) is 3.48. The van der Waals surface area contributed by atoms with Gasteiger partial charge in [0.15, 0.2) is 0 Å². The van der Waals surface area contributed by atoms with Crippen molar-refractivity contribution >= 4 is 71.3 Å². The molecule has 2 nitrogen and oxygen atoms in total. The highest BCUT2D eigenvalue weighted by molar-refractivity contribution is 6.23. The highest BCUT2D eigenvalue weighted by Crippen LogP contribution is 2.47. The third kappa shape index (κ3) is 3.82. The van der Waals surface area contributed by atoms with E-state index in [1.165, 1.54) is 38.1 Å². The first-order chi connectivity index (χ1) is 21.8. The Kier molecular flexibility index (Phi) is 5.54. The number of benzene rings is 8. The van der Waals surface area contributed by atoms with Gasteiger partial charge in [0.1, 0.15) is 11.2 Å². The van der Waals surface area contributed by atoms with Gasteiger partial charge in [-0.1, -0.05) is 121 Å². The molecule has 0 radical (unpaired) electrons. The fourth-order valence-electron chi connectivity index (χ4n) is 6.80. The number of hydrogen-bond acceptors (Lipinski definition) is 2. The molecule has 0 spiro atoms. The summed E-state index contributed by atoms with van der Waals surface area (Å²) in [5.74, 6) is 0. The molecule has 0 bridgehead atoms. The standard InChI is InChI=1S/C42H27NO/c1-2-16-32(17-3-1)43(38-21-10-15-29-13-6-7-18-33(29)38)39-22-11-23-40-41(39)37-27-36(34-19-8-9-20-35(34)42(37)44-40)31-25-24-28-12-4-5-14-30(28)26-31/h1-27H. The van der Waals surface area contributed by atoms with E-state index >= 15 is 0 Å². The van der Waals surface area contributed by atoms with Crippen LogP contribution in [0, 0.1) is 0 Å². The van der Waals surface area contributed by atoms with Crippen LogP contribution >= 0.6 is 0 Å². The lowest BCUT2D eigenvalue weighted by Crippen LogP contribution is -2.10. The predicted molar refractivity (Wildman–Crippen MR) is 186 cm³/mol. The smallest absolute Gasteiger partial charge is 0.143 e. The summed E-state index contributed by atoms with van der Waals surface area (Å²) in [7, 11) is 0. The summed E-state index contributed by atoms with van der Waals surface area (Å²) < 4.78 is 6.75. The summed E-state index contributed by atoms with van der Waals surface area (Å²) >= 11 is 0. The van der Waals surface area contributed by atoms with Gasteiger partial charge < -0.3 is 9.32 Å². The lowest BCUT2D eigenvalue weighted by atomic mass is 9.93. The lowest BCUT2D eigenvalue weighted by Gasteiger charge is -2.27. The van der Waals surface area contributed by atoms with Gasteiger partial charge in [0.2, 0.25) is 0 Å². The second-order valence-corrected chi connectivity index (χ2v) is 11.3. The molecule has 0 atom stereocenters. The minimum Gasteiger partial charge on any atom is -0.455 e. The summed E-state index contributed by atoms with van der Waals surface area (Å²) in [4.78, 5) is 2.38. The van der Waals surface area contributed by atoms with Crippen molar-refractivity contribution in [3.05, 3.63) is 164 Å². The van der Waals surface area contributed by atoms with Gasteiger partial charge in [-0.05, 0) is 75.1 Å². The van der Waals surface area contributed by atoms with Crippen LogP contribution in [-0.2, 0) is 0 Å². The summed E-state index contributed by atoms with van der Waals surface area (Å²) in [6, 6.07) is 58.5. The summed E-state index contributed by atoms with van der Waals surface area (Å²) in [5.41, 5.74) is 7.50. The maximum atomic E-state index is 6.75. The Balaban J connectivity index is 1.39. The van der Waals surface area contributed by atoms with Gasteiger partial charge in [-0.3, -0.25) is 0 Å². The van der Waals surface area contributed by atoms with E-state index in [1.807, 2.05) is 0 Å². The van der Waals surface area contributed by atoms with E-state index in [2.05, 4.69) is 169 Å². The minimum atomic E-state index is 0.875. The monoisotopic (exact) mass is 561 g/mol. The Morgan fingerprint density at radius 1 is 0.409 bits per heavy atom. The average molecular weight is 562 g/mol. The maximum absolute atomic E-state index is 6.75. The summed E-state index contributed by atoms with van der Waals surface area (Å²) in [6.07, 6.45) is 0. The molecular weight excluding hydrogens is 534 g/mol. The van der Waals surface area contributed by atoms with E-state index < -0.39 is 0 Å². The van der Waals surface area contributed by atoms with E-state index in [4.69, 9.17) is 4.42 Å². The molecule has 0 unspecified atom stereocenters. The van der Waals surface area contributed by atoms with Crippen LogP contribution in [-0.4, -0.2) is 0 Å². The highest BCUT2D eigenvalue weighted by Gasteiger charge is 2.22. The molecule has 44 heavy (non-hydrogen) atoms. The zero-order valence-electron chi connectivity index (χ0n) is 23.9. The number of rotatable bonds is 4. The molecule has 2 heteroatoms. The predicted octanol–water partition coefficient (Wildman–Crippen LogP) is 12.2. The zero-order valence-corrected chi connectivity index (χ0v) is 23.9. The Morgan fingerprint density at radius 3 is 1.93 bits per heavy atom. The Labute approximate surface area is 255 Å². The number of fused-ring (bicyclic) bond motifs is 7. The topological polar surface area (TPSA) is 16.4 Å². The second kappa shape index (κ2) is 9.86. The number of furan rings is 1. The van der Waals surface area contributed by atoms with Gasteiger partial charge in [0, 0.05) is 21.8 Å². The van der Waals surface area contributed by atoms with Gasteiger partial charge in [0.25, 0.3) is 0 Å². The first-order valence-electron chi connectivity index (χ1n) is 15.0. The van der Waals surface area contributed by atoms with Gasteiger partial charge in [0.05, 0.1) is 16.8 Å². The third-order valence-corrected chi connectivity index (χ3v) is 8.80. The number of hydrogen-bond donors (Lipinski definition) is 0. The first kappa shape index (κ1) is 24.7. The van der Waals surface area contributed by atoms with Crippen molar-refractivity contribution in [2.24, 2.45) is 0 Å². The number of anilines is 3. The van der Waals surface area contributed by atoms with E-state index in [1.54, 1.807) is 0 Å². The molecule has 1 heterocycles. The second-order valence-electron chi connectivity index (χ2n) is 11.3. The third-order valence-electron chi connectivity index (χ3n) is 8.80. The van der Waals surface area contributed by atoms with Crippen LogP contribution in [0.4, 0.5) is 17.1 Å². The molecule has 206 valence electrons. The van der Waals surface area contributed by atoms with Crippen LogP contribution in [0.15, 0.2) is 168 Å². The molecule has 0 aliphatic carbocycles. The molecule has 0 aliphatic heterocycles. The summed E-state index contributed by atoms with van der Waals surface area (Å²) in [6.45, 7) is 0. The van der Waals surface area contributed by atoms with Crippen molar-refractivity contribution in [1.82, 2.24) is 0 Å². The van der Waals surface area contributed by atoms with Gasteiger partial charge in [-0.2, -0.15) is 0 Å². The molecule has 9 rings (SSSR count). The summed E-state index contributed by atoms with van der Waals surface area (Å²) in [5, 5.41) is 9.40. The number of para-hydroxylation sites is 1. The van der Waals surface area contributed by atoms with E-state index in [9.17, 15) is 0 Å². The Hall–Kier alpha value is -5.86. The molecule has 0 fully saturated rings. The molecule has 0 N–H and O–H groups in total. The normalized spacial score (nSPS) is 11.6. The lowest BCUT2D eigenvalue weighted by molar-refractivity contribution is 0.672. The quantitative estimate of drug-likeness (QED) is 0.212. The largest absolute Gasteiger partial charge is 0.455 e. The molecule has 0 saturated heterocycles. The van der Waals surface area contributed by atoms with E-state index in [0.717, 1.165) is 44.4 Å². The van der Waals surface area contributed by atoms with Crippen LogP contribution in [0.5, 0.6) is 0 Å². The van der Waals surface area contributed by atoms with Crippen molar-refractivity contribution in [3.8, 4) is 11.1 Å². The molecule has 9 aromatic rings. The molecule has 0 amide bonds. The molecular formula is C42H27NO. The van der Waals surface area contributed by atoms with Gasteiger partial charge >= 0.3 is 0 Å². The van der Waals surface area contributed by atoms with Crippen LogP contribution in [0.3, 0.4) is 0 Å². The molecule has 0 aliphatic rings. The van der Waals surface area contributed by atoms with E-state index in [0.29, 0.717) is 0 Å².